The predicted molar refractivity (Wildman–Crippen MR) is 51.6 cm³/mol. The third-order valence-corrected chi connectivity index (χ3v) is 2.89. The van der Waals surface area contributed by atoms with Gasteiger partial charge in [0.1, 0.15) is 0 Å². The Balaban J connectivity index is 2.21. The largest absolute Gasteiger partial charge is 0.481 e. The van der Waals surface area contributed by atoms with Crippen LogP contribution < -0.4 is 0 Å². The van der Waals surface area contributed by atoms with Gasteiger partial charge in [-0.1, -0.05) is 13.8 Å². The Bertz CT molecular complexity index is 180. The van der Waals surface area contributed by atoms with Crippen LogP contribution in [0.5, 0.6) is 0 Å². The van der Waals surface area contributed by atoms with E-state index in [4.69, 9.17) is 5.11 Å². The normalized spacial score (nSPS) is 24.1. The van der Waals surface area contributed by atoms with Crippen molar-refractivity contribution < 1.29 is 9.90 Å². The topological polar surface area (TPSA) is 40.5 Å². The van der Waals surface area contributed by atoms with E-state index in [2.05, 4.69) is 18.7 Å². The first-order valence-electron chi connectivity index (χ1n) is 5.03. The summed E-state index contributed by atoms with van der Waals surface area (Å²) in [5.41, 5.74) is 0. The Morgan fingerprint density at radius 2 is 2.31 bits per heavy atom. The van der Waals surface area contributed by atoms with Gasteiger partial charge in [0, 0.05) is 13.1 Å². The van der Waals surface area contributed by atoms with Crippen molar-refractivity contribution in [2.75, 3.05) is 19.6 Å². The number of likely N-dealkylation sites (tertiary alicyclic amines) is 1. The first-order valence-corrected chi connectivity index (χ1v) is 5.03. The second-order valence-corrected chi connectivity index (χ2v) is 4.24. The van der Waals surface area contributed by atoms with E-state index in [9.17, 15) is 4.79 Å². The highest BCUT2D eigenvalue weighted by atomic mass is 16.4. The van der Waals surface area contributed by atoms with Gasteiger partial charge in [0.15, 0.2) is 0 Å². The molecule has 76 valence electrons. The Morgan fingerprint density at radius 3 is 2.77 bits per heavy atom. The van der Waals surface area contributed by atoms with Gasteiger partial charge in [0.2, 0.25) is 0 Å². The zero-order valence-electron chi connectivity index (χ0n) is 8.49. The van der Waals surface area contributed by atoms with Gasteiger partial charge in [0.25, 0.3) is 0 Å². The maximum atomic E-state index is 10.3. The summed E-state index contributed by atoms with van der Waals surface area (Å²) in [5, 5.41) is 8.52. The molecule has 0 aliphatic carbocycles. The van der Waals surface area contributed by atoms with Crippen molar-refractivity contribution in [3.05, 3.63) is 0 Å². The minimum Gasteiger partial charge on any atom is -0.481 e. The van der Waals surface area contributed by atoms with Crippen LogP contribution in [0.25, 0.3) is 0 Å². The molecule has 0 bridgehead atoms. The monoisotopic (exact) mass is 185 g/mol. The Morgan fingerprint density at radius 1 is 1.62 bits per heavy atom. The molecule has 1 rings (SSSR count). The highest BCUT2D eigenvalue weighted by molar-refractivity contribution is 5.66. The van der Waals surface area contributed by atoms with Gasteiger partial charge < -0.3 is 10.0 Å². The van der Waals surface area contributed by atoms with Crippen LogP contribution in [0.2, 0.25) is 0 Å². The van der Waals surface area contributed by atoms with Crippen molar-refractivity contribution in [1.82, 2.24) is 4.90 Å². The van der Waals surface area contributed by atoms with Crippen molar-refractivity contribution in [2.45, 2.75) is 26.7 Å². The Hall–Kier alpha value is -0.570. The minimum atomic E-state index is -0.687. The molecule has 0 aromatic rings. The molecule has 1 atom stereocenters. The zero-order chi connectivity index (χ0) is 9.84. The van der Waals surface area contributed by atoms with Gasteiger partial charge in [0.05, 0.1) is 6.42 Å². The molecular formula is C10H19NO2. The number of rotatable bonds is 4. The molecule has 1 N–H and O–H groups in total. The van der Waals surface area contributed by atoms with E-state index in [0.29, 0.717) is 0 Å². The van der Waals surface area contributed by atoms with Crippen LogP contribution in [0.3, 0.4) is 0 Å². The molecule has 1 aliphatic rings. The van der Waals surface area contributed by atoms with Gasteiger partial charge in [-0.25, -0.2) is 0 Å². The molecule has 1 fully saturated rings. The van der Waals surface area contributed by atoms with Crippen LogP contribution in [0, 0.1) is 11.8 Å². The number of hydrogen-bond donors (Lipinski definition) is 1. The Kier molecular flexibility index (Phi) is 3.72. The van der Waals surface area contributed by atoms with Crippen LogP contribution in [0.15, 0.2) is 0 Å². The molecule has 13 heavy (non-hydrogen) atoms. The SMILES string of the molecule is CC(C)C1CCN(CCC(=O)O)C1. The average Bonchev–Trinajstić information content (AvgIpc) is 2.48. The van der Waals surface area contributed by atoms with Crippen LogP contribution in [-0.2, 0) is 4.79 Å². The van der Waals surface area contributed by atoms with Crippen LogP contribution in [0.1, 0.15) is 26.7 Å². The van der Waals surface area contributed by atoms with E-state index >= 15 is 0 Å². The molecule has 1 saturated heterocycles. The van der Waals surface area contributed by atoms with Crippen molar-refractivity contribution in [2.24, 2.45) is 11.8 Å². The lowest BCUT2D eigenvalue weighted by molar-refractivity contribution is -0.137. The van der Waals surface area contributed by atoms with Crippen molar-refractivity contribution in [3.8, 4) is 0 Å². The van der Waals surface area contributed by atoms with E-state index in [1.54, 1.807) is 0 Å². The fourth-order valence-electron chi connectivity index (χ4n) is 1.86. The lowest BCUT2D eigenvalue weighted by Gasteiger charge is -2.16. The number of hydrogen-bond acceptors (Lipinski definition) is 2. The van der Waals surface area contributed by atoms with Gasteiger partial charge >= 0.3 is 5.97 Å². The lowest BCUT2D eigenvalue weighted by atomic mass is 9.95. The van der Waals surface area contributed by atoms with E-state index in [1.807, 2.05) is 0 Å². The number of aliphatic carboxylic acids is 1. The maximum absolute atomic E-state index is 10.3. The second kappa shape index (κ2) is 4.61. The minimum absolute atomic E-state index is 0.283. The molecule has 0 aromatic carbocycles. The highest BCUT2D eigenvalue weighted by Crippen LogP contribution is 2.23. The van der Waals surface area contributed by atoms with E-state index in [0.717, 1.165) is 31.5 Å². The fraction of sp³-hybridized carbons (Fsp3) is 0.900. The number of carboxylic acids is 1. The average molecular weight is 185 g/mol. The van der Waals surface area contributed by atoms with Crippen LogP contribution in [-0.4, -0.2) is 35.6 Å². The Labute approximate surface area is 79.7 Å². The summed E-state index contributed by atoms with van der Waals surface area (Å²) in [6, 6.07) is 0. The van der Waals surface area contributed by atoms with E-state index < -0.39 is 5.97 Å². The van der Waals surface area contributed by atoms with Crippen LogP contribution in [0.4, 0.5) is 0 Å². The molecule has 1 unspecified atom stereocenters. The molecule has 0 spiro atoms. The van der Waals surface area contributed by atoms with Gasteiger partial charge in [-0.05, 0) is 24.8 Å². The maximum Gasteiger partial charge on any atom is 0.304 e. The van der Waals surface area contributed by atoms with Crippen molar-refractivity contribution in [3.63, 3.8) is 0 Å². The van der Waals surface area contributed by atoms with Crippen LogP contribution >= 0.6 is 0 Å². The molecular weight excluding hydrogens is 166 g/mol. The molecule has 3 heteroatoms. The summed E-state index contributed by atoms with van der Waals surface area (Å²) in [5.74, 6) is 0.816. The van der Waals surface area contributed by atoms with Crippen molar-refractivity contribution in [1.29, 1.82) is 0 Å². The quantitative estimate of drug-likeness (QED) is 0.720. The second-order valence-electron chi connectivity index (χ2n) is 4.24. The fourth-order valence-corrected chi connectivity index (χ4v) is 1.86. The standard InChI is InChI=1S/C10H19NO2/c1-8(2)9-3-5-11(7-9)6-4-10(12)13/h8-9H,3-7H2,1-2H3,(H,12,13). The molecule has 0 amide bonds. The third-order valence-electron chi connectivity index (χ3n) is 2.89. The third kappa shape index (κ3) is 3.35. The smallest absolute Gasteiger partial charge is 0.304 e. The number of nitrogens with zero attached hydrogens (tertiary/aromatic N) is 1. The first kappa shape index (κ1) is 10.5. The summed E-state index contributed by atoms with van der Waals surface area (Å²) in [7, 11) is 0. The molecule has 1 heterocycles. The first-order chi connectivity index (χ1) is 6.09. The van der Waals surface area contributed by atoms with Gasteiger partial charge in [-0.15, -0.1) is 0 Å². The molecule has 3 nitrogen and oxygen atoms in total. The van der Waals surface area contributed by atoms with Crippen molar-refractivity contribution >= 4 is 5.97 Å². The summed E-state index contributed by atoms with van der Waals surface area (Å²) >= 11 is 0. The summed E-state index contributed by atoms with van der Waals surface area (Å²) in [6.07, 6.45) is 1.52. The lowest BCUT2D eigenvalue weighted by Crippen LogP contribution is -2.24. The number of carbonyl (C=O) groups is 1. The van der Waals surface area contributed by atoms with E-state index in [1.165, 1.54) is 6.42 Å². The van der Waals surface area contributed by atoms with E-state index in [-0.39, 0.29) is 6.42 Å². The summed E-state index contributed by atoms with van der Waals surface area (Å²) in [4.78, 5) is 12.6. The molecule has 0 saturated carbocycles. The molecule has 0 aromatic heterocycles. The molecule has 1 aliphatic heterocycles. The summed E-state index contributed by atoms with van der Waals surface area (Å²) < 4.78 is 0. The number of carboxylic acid groups (broad SMARTS) is 1. The van der Waals surface area contributed by atoms with Gasteiger partial charge in [-0.3, -0.25) is 4.79 Å². The predicted octanol–water partition coefficient (Wildman–Crippen LogP) is 1.44. The highest BCUT2D eigenvalue weighted by Gasteiger charge is 2.24. The zero-order valence-corrected chi connectivity index (χ0v) is 8.49. The summed E-state index contributed by atoms with van der Waals surface area (Å²) in [6.45, 7) is 7.37. The molecule has 0 radical (unpaired) electrons. The van der Waals surface area contributed by atoms with Gasteiger partial charge in [-0.2, -0.15) is 0 Å².